The minimum absolute atomic E-state index is 0.853. The summed E-state index contributed by atoms with van der Waals surface area (Å²) in [6, 6.07) is 12.6. The van der Waals surface area contributed by atoms with Crippen LogP contribution in [0.15, 0.2) is 40.2 Å². The first-order valence-corrected chi connectivity index (χ1v) is 8.53. The van der Waals surface area contributed by atoms with Gasteiger partial charge in [0.2, 0.25) is 0 Å². The van der Waals surface area contributed by atoms with Crippen molar-refractivity contribution >= 4 is 48.8 Å². The molecule has 0 aliphatic rings. The van der Waals surface area contributed by atoms with E-state index in [9.17, 15) is 0 Å². The van der Waals surface area contributed by atoms with Crippen LogP contribution in [0.4, 0.5) is 0 Å². The maximum atomic E-state index is 4.61. The predicted molar refractivity (Wildman–Crippen MR) is 87.0 cm³/mol. The molecule has 0 radical (unpaired) electrons. The molecule has 2 heterocycles. The normalized spacial score (nSPS) is 11.2. The Morgan fingerprint density at radius 1 is 1.11 bits per heavy atom. The van der Waals surface area contributed by atoms with E-state index in [1.165, 1.54) is 13.4 Å². The van der Waals surface area contributed by atoms with E-state index in [1.54, 1.807) is 22.7 Å². The molecule has 98 valence electrons. The van der Waals surface area contributed by atoms with Crippen LogP contribution >= 0.6 is 38.6 Å². The van der Waals surface area contributed by atoms with E-state index < -0.39 is 0 Å². The predicted octanol–water partition coefficient (Wildman–Crippen LogP) is 4.45. The van der Waals surface area contributed by atoms with Gasteiger partial charge in [0.15, 0.2) is 0 Å². The molecule has 0 fully saturated rings. The fourth-order valence-electron chi connectivity index (χ4n) is 1.89. The molecule has 0 spiro atoms. The summed E-state index contributed by atoms with van der Waals surface area (Å²) < 4.78 is 2.47. The lowest BCUT2D eigenvalue weighted by atomic mass is 10.3. The molecule has 3 rings (SSSR count). The van der Waals surface area contributed by atoms with Gasteiger partial charge in [-0.2, -0.15) is 0 Å². The number of fused-ring (bicyclic) bond motifs is 1. The van der Waals surface area contributed by atoms with Crippen LogP contribution < -0.4 is 5.32 Å². The van der Waals surface area contributed by atoms with Crippen molar-refractivity contribution in [2.24, 2.45) is 0 Å². The summed E-state index contributed by atoms with van der Waals surface area (Å²) in [6.45, 7) is 1.84. The van der Waals surface area contributed by atoms with Crippen LogP contribution in [0.1, 0.15) is 9.88 Å². The SMILES string of the molecule is Brc1ccc(CCNCc2nc3ccccc3s2)s1. The van der Waals surface area contributed by atoms with Gasteiger partial charge in [0.25, 0.3) is 0 Å². The van der Waals surface area contributed by atoms with Crippen molar-refractivity contribution in [3.8, 4) is 0 Å². The lowest BCUT2D eigenvalue weighted by molar-refractivity contribution is 0.688. The van der Waals surface area contributed by atoms with Crippen molar-refractivity contribution in [1.29, 1.82) is 0 Å². The monoisotopic (exact) mass is 352 g/mol. The maximum absolute atomic E-state index is 4.61. The topological polar surface area (TPSA) is 24.9 Å². The third-order valence-corrected chi connectivity index (χ3v) is 5.51. The molecule has 0 unspecified atom stereocenters. The minimum atomic E-state index is 0.853. The number of nitrogens with one attached hydrogen (secondary N) is 1. The molecule has 0 saturated heterocycles. The molecule has 0 aliphatic carbocycles. The van der Waals surface area contributed by atoms with Gasteiger partial charge in [-0.15, -0.1) is 22.7 Å². The summed E-state index contributed by atoms with van der Waals surface area (Å²) in [5.74, 6) is 0. The Bertz CT molecular complexity index is 642. The molecule has 1 N–H and O–H groups in total. The van der Waals surface area contributed by atoms with E-state index in [1.807, 2.05) is 6.07 Å². The molecule has 2 nitrogen and oxygen atoms in total. The number of hydrogen-bond acceptors (Lipinski definition) is 4. The Morgan fingerprint density at radius 2 is 2.00 bits per heavy atom. The Labute approximate surface area is 128 Å². The average molecular weight is 353 g/mol. The molecule has 5 heteroatoms. The number of para-hydroxylation sites is 1. The second-order valence-corrected chi connectivity index (χ2v) is 7.87. The molecule has 19 heavy (non-hydrogen) atoms. The molecule has 0 bridgehead atoms. The van der Waals surface area contributed by atoms with Gasteiger partial charge in [0, 0.05) is 18.0 Å². The lowest BCUT2D eigenvalue weighted by Gasteiger charge is -2.00. The van der Waals surface area contributed by atoms with Crippen LogP contribution in [0.5, 0.6) is 0 Å². The Balaban J connectivity index is 1.52. The number of thiophene rings is 1. The van der Waals surface area contributed by atoms with Crippen LogP contribution in [0.2, 0.25) is 0 Å². The quantitative estimate of drug-likeness (QED) is 0.686. The van der Waals surface area contributed by atoms with E-state index in [-0.39, 0.29) is 0 Å². The molecule has 0 aliphatic heterocycles. The molecular weight excluding hydrogens is 340 g/mol. The zero-order chi connectivity index (χ0) is 13.1. The second kappa shape index (κ2) is 6.13. The fourth-order valence-corrected chi connectivity index (χ4v) is 4.31. The third-order valence-electron chi connectivity index (χ3n) is 2.79. The van der Waals surface area contributed by atoms with Gasteiger partial charge < -0.3 is 5.32 Å². The number of halogens is 1. The van der Waals surface area contributed by atoms with Crippen LogP contribution in [0, 0.1) is 0 Å². The van der Waals surface area contributed by atoms with E-state index in [0.29, 0.717) is 0 Å². The highest BCUT2D eigenvalue weighted by Crippen LogP contribution is 2.23. The van der Waals surface area contributed by atoms with Crippen molar-refractivity contribution in [2.75, 3.05) is 6.54 Å². The summed E-state index contributed by atoms with van der Waals surface area (Å²) in [4.78, 5) is 6.02. The number of nitrogens with zero attached hydrogens (tertiary/aromatic N) is 1. The summed E-state index contributed by atoms with van der Waals surface area (Å²) in [6.07, 6.45) is 1.07. The van der Waals surface area contributed by atoms with Crippen molar-refractivity contribution in [2.45, 2.75) is 13.0 Å². The Kier molecular flexibility index (Phi) is 4.28. The van der Waals surface area contributed by atoms with E-state index in [4.69, 9.17) is 0 Å². The summed E-state index contributed by atoms with van der Waals surface area (Å²) in [5, 5.41) is 4.62. The van der Waals surface area contributed by atoms with E-state index >= 15 is 0 Å². The standard InChI is InChI=1S/C14H13BrN2S2/c15-13-6-5-10(18-13)7-8-16-9-14-17-11-3-1-2-4-12(11)19-14/h1-6,16H,7-9H2. The highest BCUT2D eigenvalue weighted by Gasteiger charge is 2.02. The number of aromatic nitrogens is 1. The highest BCUT2D eigenvalue weighted by molar-refractivity contribution is 9.11. The fraction of sp³-hybridized carbons (Fsp3) is 0.214. The van der Waals surface area contributed by atoms with Gasteiger partial charge in [-0.05, 0) is 46.6 Å². The number of benzene rings is 1. The van der Waals surface area contributed by atoms with Crippen molar-refractivity contribution in [1.82, 2.24) is 10.3 Å². The van der Waals surface area contributed by atoms with Gasteiger partial charge in [-0.1, -0.05) is 12.1 Å². The second-order valence-electron chi connectivity index (χ2n) is 4.21. The Hall–Kier alpha value is -0.750. The van der Waals surface area contributed by atoms with Crippen LogP contribution in [-0.2, 0) is 13.0 Å². The summed E-state index contributed by atoms with van der Waals surface area (Å²) in [5.41, 5.74) is 1.10. The smallest absolute Gasteiger partial charge is 0.108 e. The van der Waals surface area contributed by atoms with Gasteiger partial charge in [0.05, 0.1) is 14.0 Å². The van der Waals surface area contributed by atoms with Crippen LogP contribution in [-0.4, -0.2) is 11.5 Å². The van der Waals surface area contributed by atoms with Gasteiger partial charge in [0.1, 0.15) is 5.01 Å². The molecule has 1 aromatic carbocycles. The van der Waals surface area contributed by atoms with Gasteiger partial charge in [-0.3, -0.25) is 0 Å². The maximum Gasteiger partial charge on any atom is 0.108 e. The lowest BCUT2D eigenvalue weighted by Crippen LogP contribution is -2.16. The van der Waals surface area contributed by atoms with Crippen molar-refractivity contribution in [3.05, 3.63) is 50.1 Å². The van der Waals surface area contributed by atoms with Crippen LogP contribution in [0.3, 0.4) is 0 Å². The summed E-state index contributed by atoms with van der Waals surface area (Å²) >= 11 is 7.06. The number of thiazole rings is 1. The van der Waals surface area contributed by atoms with E-state index in [0.717, 1.165) is 30.0 Å². The summed E-state index contributed by atoms with van der Waals surface area (Å²) in [7, 11) is 0. The number of rotatable bonds is 5. The van der Waals surface area contributed by atoms with Gasteiger partial charge >= 0.3 is 0 Å². The molecule has 2 aromatic heterocycles. The Morgan fingerprint density at radius 3 is 2.79 bits per heavy atom. The minimum Gasteiger partial charge on any atom is -0.310 e. The van der Waals surface area contributed by atoms with E-state index in [2.05, 4.69) is 56.6 Å². The highest BCUT2D eigenvalue weighted by atomic mass is 79.9. The molecule has 0 saturated carbocycles. The first-order chi connectivity index (χ1) is 9.31. The zero-order valence-corrected chi connectivity index (χ0v) is 13.4. The molecular formula is C14H13BrN2S2. The molecule has 0 atom stereocenters. The largest absolute Gasteiger partial charge is 0.310 e. The molecule has 0 amide bonds. The average Bonchev–Trinajstić information content (AvgIpc) is 3.00. The first-order valence-electron chi connectivity index (χ1n) is 6.10. The van der Waals surface area contributed by atoms with Gasteiger partial charge in [-0.25, -0.2) is 4.98 Å². The van der Waals surface area contributed by atoms with Crippen LogP contribution in [0.25, 0.3) is 10.2 Å². The zero-order valence-electron chi connectivity index (χ0n) is 10.2. The number of hydrogen-bond donors (Lipinski definition) is 1. The third kappa shape index (κ3) is 3.42. The van der Waals surface area contributed by atoms with Crippen molar-refractivity contribution in [3.63, 3.8) is 0 Å². The van der Waals surface area contributed by atoms with Crippen molar-refractivity contribution < 1.29 is 0 Å². The first kappa shape index (κ1) is 13.2. The molecule has 3 aromatic rings.